The van der Waals surface area contributed by atoms with Crippen LogP contribution in [0, 0.1) is 11.6 Å². The van der Waals surface area contributed by atoms with Crippen LogP contribution in [-0.4, -0.2) is 17.2 Å². The van der Waals surface area contributed by atoms with Gasteiger partial charge >= 0.3 is 7.12 Å². The van der Waals surface area contributed by atoms with Crippen LogP contribution in [0.4, 0.5) is 8.78 Å². The molecule has 1 rings (SSSR count). The van der Waals surface area contributed by atoms with Crippen LogP contribution >= 0.6 is 0 Å². The summed E-state index contributed by atoms with van der Waals surface area (Å²) in [6.45, 7) is 0. The van der Waals surface area contributed by atoms with Crippen molar-refractivity contribution in [1.82, 2.24) is 0 Å². The molecule has 2 N–H and O–H groups in total. The molecule has 2 nitrogen and oxygen atoms in total. The van der Waals surface area contributed by atoms with Crippen molar-refractivity contribution < 1.29 is 18.8 Å². The first kappa shape index (κ1) is 9.16. The van der Waals surface area contributed by atoms with Gasteiger partial charge in [0.05, 0.1) is 0 Å². The third kappa shape index (κ3) is 2.02. The van der Waals surface area contributed by atoms with E-state index in [4.69, 9.17) is 10.0 Å². The quantitative estimate of drug-likeness (QED) is 0.638. The van der Waals surface area contributed by atoms with Crippen molar-refractivity contribution in [3.05, 3.63) is 35.4 Å². The van der Waals surface area contributed by atoms with Crippen molar-refractivity contribution in [3.8, 4) is 0 Å². The summed E-state index contributed by atoms with van der Waals surface area (Å²) >= 11 is 0. The molecule has 0 saturated heterocycles. The average molecular weight is 172 g/mol. The lowest BCUT2D eigenvalue weighted by molar-refractivity contribution is 0.402. The maximum absolute atomic E-state index is 12.8. The Kier molecular flexibility index (Phi) is 2.78. The summed E-state index contributed by atoms with van der Waals surface area (Å²) in [5, 5.41) is 17.0. The van der Waals surface area contributed by atoms with Gasteiger partial charge in [0.2, 0.25) is 0 Å². The van der Waals surface area contributed by atoms with E-state index in [1.165, 1.54) is 12.1 Å². The molecule has 0 radical (unpaired) electrons. The van der Waals surface area contributed by atoms with Gasteiger partial charge in [-0.25, -0.2) is 8.78 Å². The lowest BCUT2D eigenvalue weighted by atomic mass is 9.82. The highest BCUT2D eigenvalue weighted by Gasteiger charge is 2.13. The monoisotopic (exact) mass is 172 g/mol. The molecule has 0 aliphatic heterocycles. The maximum atomic E-state index is 12.8. The molecule has 0 aliphatic rings. The van der Waals surface area contributed by atoms with Gasteiger partial charge < -0.3 is 10.0 Å². The Morgan fingerprint density at radius 2 is 1.92 bits per heavy atom. The van der Waals surface area contributed by atoms with Gasteiger partial charge in [0.1, 0.15) is 0 Å². The predicted octanol–water partition coefficient (Wildman–Crippen LogP) is 0.519. The molecule has 1 aromatic rings. The lowest BCUT2D eigenvalue weighted by Crippen LogP contribution is -2.16. The Bertz CT molecular complexity index is 278. The number of benzene rings is 1. The van der Waals surface area contributed by atoms with Crippen molar-refractivity contribution in [2.45, 2.75) is 6.32 Å². The summed E-state index contributed by atoms with van der Waals surface area (Å²) in [7, 11) is -1.65. The zero-order valence-electron chi connectivity index (χ0n) is 6.17. The number of hydrogen-bond donors (Lipinski definition) is 2. The number of rotatable bonds is 2. The molecule has 0 spiro atoms. The van der Waals surface area contributed by atoms with Gasteiger partial charge in [0.15, 0.2) is 11.6 Å². The lowest BCUT2D eigenvalue weighted by Gasteiger charge is -2.01. The summed E-state index contributed by atoms with van der Waals surface area (Å²) in [4.78, 5) is 0. The summed E-state index contributed by atoms with van der Waals surface area (Å²) in [6.07, 6.45) is -0.302. The molecular weight excluding hydrogens is 165 g/mol. The Morgan fingerprint density at radius 3 is 2.50 bits per heavy atom. The normalized spacial score (nSPS) is 10.0. The summed E-state index contributed by atoms with van der Waals surface area (Å²) in [6, 6.07) is 3.59. The predicted molar refractivity (Wildman–Crippen MR) is 40.3 cm³/mol. The Labute approximate surface area is 68.6 Å². The SMILES string of the molecule is OB(O)Cc1cccc(F)c1F. The summed E-state index contributed by atoms with van der Waals surface area (Å²) in [5.41, 5.74) is -0.0370. The van der Waals surface area contributed by atoms with Crippen molar-refractivity contribution >= 4 is 7.12 Å². The molecule has 0 aliphatic carbocycles. The molecule has 1 aromatic carbocycles. The van der Waals surface area contributed by atoms with E-state index in [-0.39, 0.29) is 11.9 Å². The molecule has 0 bridgehead atoms. The van der Waals surface area contributed by atoms with Crippen molar-refractivity contribution in [3.63, 3.8) is 0 Å². The molecule has 0 unspecified atom stereocenters. The number of hydrogen-bond acceptors (Lipinski definition) is 2. The maximum Gasteiger partial charge on any atom is 0.456 e. The van der Waals surface area contributed by atoms with Crippen molar-refractivity contribution in [2.75, 3.05) is 0 Å². The van der Waals surface area contributed by atoms with E-state index in [1.54, 1.807) is 0 Å². The zero-order valence-corrected chi connectivity index (χ0v) is 6.17. The van der Waals surface area contributed by atoms with Crippen LogP contribution in [0.15, 0.2) is 18.2 Å². The molecule has 0 atom stereocenters. The van der Waals surface area contributed by atoms with Gasteiger partial charge in [-0.2, -0.15) is 0 Å². The highest BCUT2D eigenvalue weighted by Crippen LogP contribution is 2.11. The van der Waals surface area contributed by atoms with Crippen LogP contribution in [0.3, 0.4) is 0 Å². The standard InChI is InChI=1S/C7H7BF2O2/c9-6-3-1-2-5(7(6)10)4-8(11)12/h1-3,11-12H,4H2. The number of halogens is 2. The summed E-state index contributed by atoms with van der Waals surface area (Å²) < 4.78 is 25.3. The van der Waals surface area contributed by atoms with Crippen LogP contribution in [0.1, 0.15) is 5.56 Å². The van der Waals surface area contributed by atoms with Crippen LogP contribution in [-0.2, 0) is 6.32 Å². The van der Waals surface area contributed by atoms with E-state index in [1.807, 2.05) is 0 Å². The van der Waals surface area contributed by atoms with Crippen molar-refractivity contribution in [2.24, 2.45) is 0 Å². The van der Waals surface area contributed by atoms with Crippen molar-refractivity contribution in [1.29, 1.82) is 0 Å². The molecule has 0 fully saturated rings. The van der Waals surface area contributed by atoms with Crippen LogP contribution in [0.5, 0.6) is 0 Å². The van der Waals surface area contributed by atoms with E-state index >= 15 is 0 Å². The summed E-state index contributed by atoms with van der Waals surface area (Å²) in [5.74, 6) is -2.00. The molecule has 0 heterocycles. The fourth-order valence-corrected chi connectivity index (χ4v) is 0.903. The second-order valence-electron chi connectivity index (χ2n) is 2.40. The van der Waals surface area contributed by atoms with Gasteiger partial charge in [-0.3, -0.25) is 0 Å². The van der Waals surface area contributed by atoms with Gasteiger partial charge in [-0.15, -0.1) is 0 Å². The van der Waals surface area contributed by atoms with E-state index in [9.17, 15) is 8.78 Å². The van der Waals surface area contributed by atoms with Gasteiger partial charge in [-0.1, -0.05) is 12.1 Å². The minimum Gasteiger partial charge on any atom is -0.427 e. The Hall–Kier alpha value is -0.935. The molecule has 12 heavy (non-hydrogen) atoms. The van der Waals surface area contributed by atoms with Gasteiger partial charge in [-0.05, 0) is 11.6 Å². The largest absolute Gasteiger partial charge is 0.456 e. The third-order valence-electron chi connectivity index (χ3n) is 1.43. The van der Waals surface area contributed by atoms with E-state index in [2.05, 4.69) is 0 Å². The first-order chi connectivity index (χ1) is 5.61. The minimum absolute atomic E-state index is 0.0370. The second kappa shape index (κ2) is 3.64. The van der Waals surface area contributed by atoms with Gasteiger partial charge in [0, 0.05) is 6.32 Å². The minimum atomic E-state index is -1.65. The van der Waals surface area contributed by atoms with Gasteiger partial charge in [0.25, 0.3) is 0 Å². The topological polar surface area (TPSA) is 40.5 Å². The van der Waals surface area contributed by atoms with E-state index < -0.39 is 18.8 Å². The highest BCUT2D eigenvalue weighted by molar-refractivity contribution is 6.40. The fourth-order valence-electron chi connectivity index (χ4n) is 0.903. The average Bonchev–Trinajstić information content (AvgIpc) is 1.98. The molecule has 64 valence electrons. The van der Waals surface area contributed by atoms with Crippen LogP contribution in [0.25, 0.3) is 0 Å². The molecule has 5 heteroatoms. The zero-order chi connectivity index (χ0) is 9.14. The van der Waals surface area contributed by atoms with Crippen LogP contribution < -0.4 is 0 Å². The third-order valence-corrected chi connectivity index (χ3v) is 1.43. The first-order valence-electron chi connectivity index (χ1n) is 3.40. The molecule has 0 aromatic heterocycles. The molecule has 0 saturated carbocycles. The second-order valence-corrected chi connectivity index (χ2v) is 2.40. The molecular formula is C7H7BF2O2. The van der Waals surface area contributed by atoms with E-state index in [0.717, 1.165) is 6.07 Å². The Balaban J connectivity index is 2.92. The molecule has 0 amide bonds. The highest BCUT2D eigenvalue weighted by atomic mass is 19.2. The smallest absolute Gasteiger partial charge is 0.427 e. The fraction of sp³-hybridized carbons (Fsp3) is 0.143. The van der Waals surface area contributed by atoms with E-state index in [0.29, 0.717) is 0 Å². The van der Waals surface area contributed by atoms with Crippen LogP contribution in [0.2, 0.25) is 0 Å². The Morgan fingerprint density at radius 1 is 1.25 bits per heavy atom. The first-order valence-corrected chi connectivity index (χ1v) is 3.40.